The number of hydrogen-bond acceptors (Lipinski definition) is 7. The van der Waals surface area contributed by atoms with Gasteiger partial charge in [-0.05, 0) is 12.1 Å². The molecule has 0 aliphatic heterocycles. The molecule has 0 bridgehead atoms. The van der Waals surface area contributed by atoms with Crippen LogP contribution in [-0.4, -0.2) is 21.9 Å². The molecule has 0 aliphatic rings. The molecule has 2 aromatic rings. The van der Waals surface area contributed by atoms with Gasteiger partial charge in [-0.2, -0.15) is 0 Å². The summed E-state index contributed by atoms with van der Waals surface area (Å²) in [5.74, 6) is -0.580. The highest BCUT2D eigenvalue weighted by atomic mass is 35.5. The lowest BCUT2D eigenvalue weighted by molar-refractivity contribution is -0.134. The highest BCUT2D eigenvalue weighted by molar-refractivity contribution is 6.32. The van der Waals surface area contributed by atoms with E-state index >= 15 is 0 Å². The zero-order valence-electron chi connectivity index (χ0n) is 14.2. The van der Waals surface area contributed by atoms with Crippen LogP contribution in [0.15, 0.2) is 54.5 Å². The molecule has 134 valence electrons. The Bertz CT molecular complexity index is 937. The second kappa shape index (κ2) is 8.26. The van der Waals surface area contributed by atoms with E-state index in [9.17, 15) is 9.59 Å². The SMILES string of the molecule is C=C/C=C(/Nc1ncnc2cc(OC(C)=O)c(OC(C)=O)cc12)C(=C)Cl. The molecule has 1 N–H and O–H groups in total. The Morgan fingerprint density at radius 3 is 2.31 bits per heavy atom. The molecule has 7 nitrogen and oxygen atoms in total. The lowest BCUT2D eigenvalue weighted by Crippen LogP contribution is -2.08. The van der Waals surface area contributed by atoms with Crippen molar-refractivity contribution in [2.24, 2.45) is 0 Å². The van der Waals surface area contributed by atoms with Crippen molar-refractivity contribution in [1.29, 1.82) is 0 Å². The van der Waals surface area contributed by atoms with Crippen molar-refractivity contribution in [3.05, 3.63) is 54.5 Å². The summed E-state index contributed by atoms with van der Waals surface area (Å²) in [7, 11) is 0. The molecule has 2 rings (SSSR count). The first-order valence-electron chi connectivity index (χ1n) is 7.42. The van der Waals surface area contributed by atoms with Crippen LogP contribution in [0.4, 0.5) is 5.82 Å². The van der Waals surface area contributed by atoms with Crippen molar-refractivity contribution in [3.63, 3.8) is 0 Å². The van der Waals surface area contributed by atoms with E-state index in [-0.39, 0.29) is 16.5 Å². The van der Waals surface area contributed by atoms with Gasteiger partial charge in [0.05, 0.1) is 16.2 Å². The minimum Gasteiger partial charge on any atom is -0.423 e. The predicted octanol–water partition coefficient (Wildman–Crippen LogP) is 3.71. The third-order valence-corrected chi connectivity index (χ3v) is 3.24. The van der Waals surface area contributed by atoms with Crippen LogP contribution in [-0.2, 0) is 9.59 Å². The minimum atomic E-state index is -0.564. The summed E-state index contributed by atoms with van der Waals surface area (Å²) in [5.41, 5.74) is 0.951. The van der Waals surface area contributed by atoms with Crippen LogP contribution in [0.3, 0.4) is 0 Å². The van der Waals surface area contributed by atoms with Gasteiger partial charge in [0, 0.05) is 25.3 Å². The van der Waals surface area contributed by atoms with Gasteiger partial charge < -0.3 is 14.8 Å². The zero-order valence-corrected chi connectivity index (χ0v) is 15.0. The lowest BCUT2D eigenvalue weighted by Gasteiger charge is -2.13. The largest absolute Gasteiger partial charge is 0.423 e. The predicted molar refractivity (Wildman–Crippen MR) is 99.1 cm³/mol. The molecule has 8 heteroatoms. The van der Waals surface area contributed by atoms with E-state index in [1.807, 2.05) is 0 Å². The summed E-state index contributed by atoms with van der Waals surface area (Å²) in [6.45, 7) is 9.77. The van der Waals surface area contributed by atoms with Crippen molar-refractivity contribution in [3.8, 4) is 11.5 Å². The van der Waals surface area contributed by atoms with Crippen LogP contribution in [0.25, 0.3) is 10.9 Å². The number of fused-ring (bicyclic) bond motifs is 1. The van der Waals surface area contributed by atoms with Crippen LogP contribution in [0.2, 0.25) is 0 Å². The number of nitrogens with one attached hydrogen (secondary N) is 1. The maximum absolute atomic E-state index is 11.4. The van der Waals surface area contributed by atoms with Gasteiger partial charge in [-0.3, -0.25) is 9.59 Å². The molecule has 0 spiro atoms. The van der Waals surface area contributed by atoms with Gasteiger partial charge >= 0.3 is 11.9 Å². The van der Waals surface area contributed by atoms with Crippen LogP contribution in [0.1, 0.15) is 13.8 Å². The number of nitrogens with zero attached hydrogens (tertiary/aromatic N) is 2. The van der Waals surface area contributed by atoms with E-state index in [4.69, 9.17) is 21.1 Å². The number of allylic oxidation sites excluding steroid dienone is 3. The molecule has 1 aromatic heterocycles. The van der Waals surface area contributed by atoms with Crippen LogP contribution >= 0.6 is 11.6 Å². The molecule has 0 saturated carbocycles. The molecule has 0 atom stereocenters. The van der Waals surface area contributed by atoms with Crippen molar-refractivity contribution in [2.45, 2.75) is 13.8 Å². The molecule has 0 unspecified atom stereocenters. The summed E-state index contributed by atoms with van der Waals surface area (Å²) in [4.78, 5) is 31.0. The number of aromatic nitrogens is 2. The van der Waals surface area contributed by atoms with Crippen molar-refractivity contribution in [2.75, 3.05) is 5.32 Å². The van der Waals surface area contributed by atoms with Gasteiger partial charge in [0.25, 0.3) is 0 Å². The Morgan fingerprint density at radius 1 is 1.15 bits per heavy atom. The van der Waals surface area contributed by atoms with Crippen LogP contribution < -0.4 is 14.8 Å². The van der Waals surface area contributed by atoms with Crippen molar-refractivity contribution in [1.82, 2.24) is 9.97 Å². The van der Waals surface area contributed by atoms with Gasteiger partial charge in [0.1, 0.15) is 12.1 Å². The molecule has 1 heterocycles. The molecule has 0 aliphatic carbocycles. The average Bonchev–Trinajstić information content (AvgIpc) is 2.54. The number of carbonyl (C=O) groups is 2. The van der Waals surface area contributed by atoms with Gasteiger partial charge in [-0.25, -0.2) is 9.97 Å². The Labute approximate surface area is 155 Å². The smallest absolute Gasteiger partial charge is 0.308 e. The number of hydrogen-bond donors (Lipinski definition) is 1. The topological polar surface area (TPSA) is 90.4 Å². The first-order chi connectivity index (χ1) is 12.3. The fraction of sp³-hybridized carbons (Fsp3) is 0.111. The van der Waals surface area contributed by atoms with E-state index < -0.39 is 11.9 Å². The van der Waals surface area contributed by atoms with Gasteiger partial charge in [0.15, 0.2) is 11.5 Å². The molecular weight excluding hydrogens is 358 g/mol. The normalized spacial score (nSPS) is 11.0. The third kappa shape index (κ3) is 4.67. The summed E-state index contributed by atoms with van der Waals surface area (Å²) in [6, 6.07) is 2.98. The Morgan fingerprint density at radius 2 is 1.77 bits per heavy atom. The molecule has 26 heavy (non-hydrogen) atoms. The van der Waals surface area contributed by atoms with Crippen LogP contribution in [0.5, 0.6) is 11.5 Å². The standard InChI is InChI=1S/C18H16ClN3O4/c1-5-6-14(10(2)19)22-18-13-7-16(25-11(3)23)17(26-12(4)24)8-15(13)20-9-21-18/h5-9H,1-2H2,3-4H3,(H,20,21,22)/b14-6+. The van der Waals surface area contributed by atoms with Gasteiger partial charge in [-0.15, -0.1) is 0 Å². The molecule has 1 aromatic carbocycles. The van der Waals surface area contributed by atoms with Crippen LogP contribution in [0, 0.1) is 0 Å². The maximum Gasteiger partial charge on any atom is 0.308 e. The Hall–Kier alpha value is -3.19. The second-order valence-electron chi connectivity index (χ2n) is 5.07. The first-order valence-corrected chi connectivity index (χ1v) is 7.79. The summed E-state index contributed by atoms with van der Waals surface area (Å²) in [5, 5.41) is 3.80. The number of carbonyl (C=O) groups excluding carboxylic acids is 2. The molecule has 0 radical (unpaired) electrons. The number of rotatable bonds is 6. The lowest BCUT2D eigenvalue weighted by atomic mass is 10.2. The first kappa shape index (κ1) is 19.1. The van der Waals surface area contributed by atoms with E-state index in [2.05, 4.69) is 28.4 Å². The van der Waals surface area contributed by atoms with Crippen molar-refractivity contribution < 1.29 is 19.1 Å². The highest BCUT2D eigenvalue weighted by Gasteiger charge is 2.16. The fourth-order valence-electron chi connectivity index (χ4n) is 2.08. The van der Waals surface area contributed by atoms with E-state index in [1.165, 1.54) is 32.3 Å². The number of halogens is 1. The molecule has 0 amide bonds. The molecular formula is C18H16ClN3O4. The Balaban J connectivity index is 2.61. The monoisotopic (exact) mass is 373 g/mol. The molecule has 0 fully saturated rings. The number of ether oxygens (including phenoxy) is 2. The third-order valence-electron chi connectivity index (χ3n) is 3.04. The quantitative estimate of drug-likeness (QED) is 0.468. The second-order valence-corrected chi connectivity index (χ2v) is 5.53. The Kier molecular flexibility index (Phi) is 6.08. The maximum atomic E-state index is 11.4. The van der Waals surface area contributed by atoms with Gasteiger partial charge in [-0.1, -0.05) is 30.8 Å². The zero-order chi connectivity index (χ0) is 19.3. The van der Waals surface area contributed by atoms with E-state index in [0.29, 0.717) is 22.4 Å². The number of anilines is 1. The average molecular weight is 374 g/mol. The van der Waals surface area contributed by atoms with E-state index in [0.717, 1.165) is 0 Å². The number of esters is 2. The van der Waals surface area contributed by atoms with Crippen molar-refractivity contribution >= 4 is 40.3 Å². The summed E-state index contributed by atoms with van der Waals surface area (Å²) in [6.07, 6.45) is 4.50. The van der Waals surface area contributed by atoms with Gasteiger partial charge in [0.2, 0.25) is 0 Å². The van der Waals surface area contributed by atoms with E-state index in [1.54, 1.807) is 12.2 Å². The highest BCUT2D eigenvalue weighted by Crippen LogP contribution is 2.35. The minimum absolute atomic E-state index is 0.0667. The molecule has 0 saturated heterocycles. The fourth-order valence-corrected chi connectivity index (χ4v) is 2.19. The summed E-state index contributed by atoms with van der Waals surface area (Å²) < 4.78 is 10.2. The summed E-state index contributed by atoms with van der Waals surface area (Å²) >= 11 is 5.96. The number of benzene rings is 1.